The van der Waals surface area contributed by atoms with E-state index in [1.165, 1.54) is 0 Å². The topological polar surface area (TPSA) is 162 Å². The molecular formula is C10H24O8. The highest BCUT2D eigenvalue weighted by Crippen LogP contribution is 2.04. The van der Waals surface area contributed by atoms with Crippen LogP contribution in [0.15, 0.2) is 0 Å². The second-order valence-corrected chi connectivity index (χ2v) is 3.75. The second kappa shape index (κ2) is 11.8. The molecule has 0 saturated carbocycles. The average Bonchev–Trinajstić information content (AvgIpc) is 2.35. The zero-order chi connectivity index (χ0) is 14.7. The number of hydrogen-bond donors (Lipinski definition) is 8. The Morgan fingerprint density at radius 2 is 1.06 bits per heavy atom. The first-order chi connectivity index (χ1) is 8.31. The SMILES string of the molecule is CCCC(O)O.OC[C@@H](O)[C@@H](O)[C@H](O)[C@@H](O)CO. The van der Waals surface area contributed by atoms with E-state index in [1.807, 2.05) is 6.92 Å². The Morgan fingerprint density at radius 3 is 1.17 bits per heavy atom. The van der Waals surface area contributed by atoms with Gasteiger partial charge in [-0.2, -0.15) is 0 Å². The van der Waals surface area contributed by atoms with Gasteiger partial charge in [0.1, 0.15) is 24.4 Å². The monoisotopic (exact) mass is 272 g/mol. The van der Waals surface area contributed by atoms with E-state index >= 15 is 0 Å². The number of rotatable bonds is 7. The molecule has 0 amide bonds. The fourth-order valence-corrected chi connectivity index (χ4v) is 0.929. The van der Waals surface area contributed by atoms with Crippen LogP contribution in [0.4, 0.5) is 0 Å². The lowest BCUT2D eigenvalue weighted by Gasteiger charge is -2.24. The predicted molar refractivity (Wildman–Crippen MR) is 61.3 cm³/mol. The fourth-order valence-electron chi connectivity index (χ4n) is 0.929. The minimum Gasteiger partial charge on any atom is -0.394 e. The van der Waals surface area contributed by atoms with E-state index in [1.54, 1.807) is 0 Å². The molecule has 18 heavy (non-hydrogen) atoms. The lowest BCUT2D eigenvalue weighted by atomic mass is 10.0. The minimum atomic E-state index is -1.67. The Hall–Kier alpha value is -0.320. The summed E-state index contributed by atoms with van der Waals surface area (Å²) < 4.78 is 0. The molecule has 0 aliphatic rings. The highest BCUT2D eigenvalue weighted by atomic mass is 16.5. The van der Waals surface area contributed by atoms with Crippen LogP contribution in [0.1, 0.15) is 19.8 Å². The van der Waals surface area contributed by atoms with Crippen molar-refractivity contribution >= 4 is 0 Å². The zero-order valence-corrected chi connectivity index (χ0v) is 10.3. The number of hydrogen-bond acceptors (Lipinski definition) is 8. The van der Waals surface area contributed by atoms with Gasteiger partial charge in [-0.3, -0.25) is 0 Å². The van der Waals surface area contributed by atoms with Crippen molar-refractivity contribution in [3.8, 4) is 0 Å². The summed E-state index contributed by atoms with van der Waals surface area (Å²) in [5, 5.41) is 68.4. The maximum Gasteiger partial charge on any atom is 0.151 e. The van der Waals surface area contributed by atoms with Gasteiger partial charge in [-0.1, -0.05) is 13.3 Å². The molecule has 0 aromatic carbocycles. The van der Waals surface area contributed by atoms with E-state index in [0.717, 1.165) is 6.42 Å². The molecule has 0 aliphatic carbocycles. The van der Waals surface area contributed by atoms with Crippen molar-refractivity contribution in [1.82, 2.24) is 0 Å². The van der Waals surface area contributed by atoms with Gasteiger partial charge < -0.3 is 40.9 Å². The smallest absolute Gasteiger partial charge is 0.151 e. The fraction of sp³-hybridized carbons (Fsp3) is 1.00. The molecule has 0 fully saturated rings. The first kappa shape index (κ1) is 20.0. The van der Waals surface area contributed by atoms with Crippen LogP contribution in [0, 0.1) is 0 Å². The van der Waals surface area contributed by atoms with Crippen molar-refractivity contribution < 1.29 is 40.9 Å². The average molecular weight is 272 g/mol. The molecule has 0 aromatic heterocycles. The van der Waals surface area contributed by atoms with E-state index in [-0.39, 0.29) is 0 Å². The van der Waals surface area contributed by atoms with E-state index < -0.39 is 43.9 Å². The molecule has 0 unspecified atom stereocenters. The lowest BCUT2D eigenvalue weighted by Crippen LogP contribution is -2.46. The second-order valence-electron chi connectivity index (χ2n) is 3.75. The van der Waals surface area contributed by atoms with Crippen LogP contribution in [0.5, 0.6) is 0 Å². The molecule has 0 rings (SSSR count). The van der Waals surface area contributed by atoms with Crippen LogP contribution >= 0.6 is 0 Å². The Kier molecular flexibility index (Phi) is 13.1. The number of aliphatic hydroxyl groups is 8. The van der Waals surface area contributed by atoms with Gasteiger partial charge in [0.05, 0.1) is 13.2 Å². The van der Waals surface area contributed by atoms with E-state index in [2.05, 4.69) is 0 Å². The summed E-state index contributed by atoms with van der Waals surface area (Å²) in [4.78, 5) is 0. The molecular weight excluding hydrogens is 248 g/mol. The quantitative estimate of drug-likeness (QED) is 0.221. The zero-order valence-electron chi connectivity index (χ0n) is 10.3. The van der Waals surface area contributed by atoms with Crippen molar-refractivity contribution in [1.29, 1.82) is 0 Å². The van der Waals surface area contributed by atoms with Crippen molar-refractivity contribution in [2.75, 3.05) is 13.2 Å². The van der Waals surface area contributed by atoms with E-state index in [9.17, 15) is 0 Å². The molecule has 0 radical (unpaired) electrons. The summed E-state index contributed by atoms with van der Waals surface area (Å²) in [6.45, 7) is 0.451. The predicted octanol–water partition coefficient (Wildman–Crippen LogP) is -3.49. The van der Waals surface area contributed by atoms with Crippen LogP contribution in [0.25, 0.3) is 0 Å². The highest BCUT2D eigenvalue weighted by Gasteiger charge is 2.29. The van der Waals surface area contributed by atoms with Gasteiger partial charge in [-0.25, -0.2) is 0 Å². The number of aliphatic hydroxyl groups excluding tert-OH is 7. The Labute approximate surface area is 105 Å². The van der Waals surface area contributed by atoms with Crippen molar-refractivity contribution in [3.05, 3.63) is 0 Å². The summed E-state index contributed by atoms with van der Waals surface area (Å²) in [6.07, 6.45) is -6.18. The third kappa shape index (κ3) is 9.68. The molecule has 0 spiro atoms. The summed E-state index contributed by atoms with van der Waals surface area (Å²) in [6, 6.07) is 0. The van der Waals surface area contributed by atoms with Gasteiger partial charge in [0.15, 0.2) is 6.29 Å². The highest BCUT2D eigenvalue weighted by molar-refractivity contribution is 4.79. The van der Waals surface area contributed by atoms with Gasteiger partial charge in [0.25, 0.3) is 0 Å². The third-order valence-electron chi connectivity index (χ3n) is 2.06. The molecule has 0 bridgehead atoms. The summed E-state index contributed by atoms with van der Waals surface area (Å²) >= 11 is 0. The molecule has 4 atom stereocenters. The van der Waals surface area contributed by atoms with Crippen LogP contribution < -0.4 is 0 Å². The van der Waals surface area contributed by atoms with Crippen molar-refractivity contribution in [2.24, 2.45) is 0 Å². The molecule has 0 saturated heterocycles. The molecule has 8 nitrogen and oxygen atoms in total. The maximum atomic E-state index is 8.96. The molecule has 8 heteroatoms. The normalized spacial score (nSPS) is 17.7. The van der Waals surface area contributed by atoms with Gasteiger partial charge in [0.2, 0.25) is 0 Å². The summed E-state index contributed by atoms with van der Waals surface area (Å²) in [5.41, 5.74) is 0. The van der Waals surface area contributed by atoms with Crippen LogP contribution in [0.2, 0.25) is 0 Å². The first-order valence-electron chi connectivity index (χ1n) is 5.61. The molecule has 8 N–H and O–H groups in total. The van der Waals surface area contributed by atoms with Crippen molar-refractivity contribution in [3.63, 3.8) is 0 Å². The lowest BCUT2D eigenvalue weighted by molar-refractivity contribution is -0.123. The standard InChI is InChI=1S/C6H14O6.C4H10O2/c7-1-3(9)5(11)6(12)4(10)2-8;1-2-3-4(5)6/h3-12H,1-2H2;4-6H,2-3H2,1H3/t3-,4+,5-,6-;/m1./s1. The van der Waals surface area contributed by atoms with E-state index in [0.29, 0.717) is 6.42 Å². The molecule has 112 valence electrons. The van der Waals surface area contributed by atoms with Gasteiger partial charge in [0, 0.05) is 0 Å². The molecule has 0 aromatic rings. The maximum absolute atomic E-state index is 8.96. The Balaban J connectivity index is 0. The Bertz CT molecular complexity index is 163. The van der Waals surface area contributed by atoms with E-state index in [4.69, 9.17) is 40.9 Å². The summed E-state index contributed by atoms with van der Waals surface area (Å²) in [5.74, 6) is 0. The van der Waals surface area contributed by atoms with Crippen LogP contribution in [-0.2, 0) is 0 Å². The van der Waals surface area contributed by atoms with Gasteiger partial charge in [-0.05, 0) is 6.42 Å². The van der Waals surface area contributed by atoms with Gasteiger partial charge >= 0.3 is 0 Å². The van der Waals surface area contributed by atoms with Crippen LogP contribution in [-0.4, -0.2) is 84.8 Å². The summed E-state index contributed by atoms with van der Waals surface area (Å²) in [7, 11) is 0. The van der Waals surface area contributed by atoms with Crippen LogP contribution in [0.3, 0.4) is 0 Å². The minimum absolute atomic E-state index is 0.486. The van der Waals surface area contributed by atoms with Gasteiger partial charge in [-0.15, -0.1) is 0 Å². The largest absolute Gasteiger partial charge is 0.394 e. The first-order valence-corrected chi connectivity index (χ1v) is 5.61. The molecule has 0 heterocycles. The molecule has 0 aliphatic heterocycles. The van der Waals surface area contributed by atoms with Crippen molar-refractivity contribution in [2.45, 2.75) is 50.5 Å². The third-order valence-corrected chi connectivity index (χ3v) is 2.06. The Morgan fingerprint density at radius 1 is 0.722 bits per heavy atom.